The first-order valence-electron chi connectivity index (χ1n) is 6.04. The second-order valence-electron chi connectivity index (χ2n) is 4.49. The lowest BCUT2D eigenvalue weighted by Crippen LogP contribution is -2.14. The number of carbonyl (C=O) groups excluding carboxylic acids is 1. The van der Waals surface area contributed by atoms with Crippen molar-refractivity contribution in [2.24, 2.45) is 5.92 Å². The van der Waals surface area contributed by atoms with E-state index in [4.69, 9.17) is 4.74 Å². The molecular formula is C13H17FN2O2. The van der Waals surface area contributed by atoms with Gasteiger partial charge >= 0.3 is 0 Å². The highest BCUT2D eigenvalue weighted by atomic mass is 19.1. The molecule has 5 heteroatoms. The fourth-order valence-corrected chi connectivity index (χ4v) is 1.93. The average molecular weight is 252 g/mol. The van der Waals surface area contributed by atoms with E-state index in [0.29, 0.717) is 5.92 Å². The number of hydrogen-bond acceptors (Lipinski definition) is 3. The van der Waals surface area contributed by atoms with E-state index < -0.39 is 5.82 Å². The highest BCUT2D eigenvalue weighted by Gasteiger charge is 2.15. The molecule has 0 spiro atoms. The van der Waals surface area contributed by atoms with Crippen LogP contribution >= 0.6 is 0 Å². The van der Waals surface area contributed by atoms with E-state index in [2.05, 4.69) is 10.6 Å². The number of rotatable bonds is 4. The molecule has 1 fully saturated rings. The van der Waals surface area contributed by atoms with Gasteiger partial charge < -0.3 is 15.4 Å². The molecule has 1 amide bonds. The van der Waals surface area contributed by atoms with Crippen LogP contribution in [0.3, 0.4) is 0 Å². The molecule has 1 unspecified atom stereocenters. The van der Waals surface area contributed by atoms with E-state index in [1.165, 1.54) is 13.0 Å². The number of ether oxygens (including phenoxy) is 1. The molecule has 0 bridgehead atoms. The Bertz CT molecular complexity index is 431. The molecule has 1 atom stereocenters. The Morgan fingerprint density at radius 3 is 3.06 bits per heavy atom. The van der Waals surface area contributed by atoms with E-state index in [9.17, 15) is 9.18 Å². The first kappa shape index (κ1) is 12.8. The lowest BCUT2D eigenvalue weighted by Gasteiger charge is -2.12. The Kier molecular flexibility index (Phi) is 4.15. The fourth-order valence-electron chi connectivity index (χ4n) is 1.93. The summed E-state index contributed by atoms with van der Waals surface area (Å²) in [5, 5.41) is 5.69. The molecule has 4 nitrogen and oxygen atoms in total. The smallest absolute Gasteiger partial charge is 0.221 e. The molecule has 2 N–H and O–H groups in total. The molecule has 0 saturated carbocycles. The van der Waals surface area contributed by atoms with E-state index in [0.717, 1.165) is 31.9 Å². The maximum absolute atomic E-state index is 13.4. The Morgan fingerprint density at radius 1 is 1.56 bits per heavy atom. The molecule has 2 rings (SSSR count). The third-order valence-electron chi connectivity index (χ3n) is 2.90. The summed E-state index contributed by atoms with van der Waals surface area (Å²) in [7, 11) is 0. The zero-order valence-electron chi connectivity index (χ0n) is 10.3. The number of benzene rings is 1. The van der Waals surface area contributed by atoms with Crippen LogP contribution in [-0.4, -0.2) is 25.7 Å². The SMILES string of the molecule is CC(=O)Nc1cc(NCC2CCOC2)ccc1F. The summed E-state index contributed by atoms with van der Waals surface area (Å²) in [4.78, 5) is 10.9. The quantitative estimate of drug-likeness (QED) is 0.864. The molecular weight excluding hydrogens is 235 g/mol. The van der Waals surface area contributed by atoms with Gasteiger partial charge in [-0.25, -0.2) is 4.39 Å². The standard InChI is InChI=1S/C13H17FN2O2/c1-9(17)16-13-6-11(2-3-12(13)14)15-7-10-4-5-18-8-10/h2-3,6,10,15H,4-5,7-8H2,1H3,(H,16,17). The van der Waals surface area contributed by atoms with Gasteiger partial charge in [-0.3, -0.25) is 4.79 Å². The van der Waals surface area contributed by atoms with Crippen LogP contribution in [0.25, 0.3) is 0 Å². The lowest BCUT2D eigenvalue weighted by molar-refractivity contribution is -0.114. The van der Waals surface area contributed by atoms with Gasteiger partial charge in [0.15, 0.2) is 0 Å². The van der Waals surface area contributed by atoms with Crippen molar-refractivity contribution < 1.29 is 13.9 Å². The van der Waals surface area contributed by atoms with Gasteiger partial charge in [-0.1, -0.05) is 0 Å². The summed E-state index contributed by atoms with van der Waals surface area (Å²) >= 11 is 0. The maximum atomic E-state index is 13.4. The van der Waals surface area contributed by atoms with Crippen LogP contribution in [0.4, 0.5) is 15.8 Å². The minimum absolute atomic E-state index is 0.204. The first-order valence-corrected chi connectivity index (χ1v) is 6.04. The highest BCUT2D eigenvalue weighted by Crippen LogP contribution is 2.21. The number of carbonyl (C=O) groups is 1. The molecule has 1 aromatic carbocycles. The Morgan fingerprint density at radius 2 is 2.39 bits per heavy atom. The molecule has 0 aliphatic carbocycles. The normalized spacial score (nSPS) is 18.7. The lowest BCUT2D eigenvalue weighted by atomic mass is 10.1. The molecule has 0 aromatic heterocycles. The molecule has 1 aromatic rings. The Hall–Kier alpha value is -1.62. The number of anilines is 2. The van der Waals surface area contributed by atoms with Crippen molar-refractivity contribution >= 4 is 17.3 Å². The minimum atomic E-state index is -0.431. The maximum Gasteiger partial charge on any atom is 0.221 e. The topological polar surface area (TPSA) is 50.4 Å². The molecule has 1 heterocycles. The Balaban J connectivity index is 1.97. The predicted octanol–water partition coefficient (Wildman–Crippen LogP) is 2.23. The first-order chi connectivity index (χ1) is 8.65. The van der Waals surface area contributed by atoms with Crippen molar-refractivity contribution in [2.45, 2.75) is 13.3 Å². The van der Waals surface area contributed by atoms with Crippen LogP contribution < -0.4 is 10.6 Å². The van der Waals surface area contributed by atoms with Crippen LogP contribution in [0.15, 0.2) is 18.2 Å². The van der Waals surface area contributed by atoms with Crippen molar-refractivity contribution in [1.29, 1.82) is 0 Å². The third-order valence-corrected chi connectivity index (χ3v) is 2.90. The molecule has 0 radical (unpaired) electrons. The van der Waals surface area contributed by atoms with Gasteiger partial charge in [0, 0.05) is 31.7 Å². The largest absolute Gasteiger partial charge is 0.385 e. The summed E-state index contributed by atoms with van der Waals surface area (Å²) in [5.74, 6) is -0.213. The van der Waals surface area contributed by atoms with Crippen molar-refractivity contribution in [3.63, 3.8) is 0 Å². The van der Waals surface area contributed by atoms with Crippen molar-refractivity contribution in [2.75, 3.05) is 30.4 Å². The number of halogens is 1. The van der Waals surface area contributed by atoms with Crippen LogP contribution in [0.5, 0.6) is 0 Å². The number of nitrogens with one attached hydrogen (secondary N) is 2. The third kappa shape index (κ3) is 3.43. The van der Waals surface area contributed by atoms with Crippen LogP contribution in [0.2, 0.25) is 0 Å². The van der Waals surface area contributed by atoms with Crippen LogP contribution in [0.1, 0.15) is 13.3 Å². The van der Waals surface area contributed by atoms with Crippen molar-refractivity contribution in [3.05, 3.63) is 24.0 Å². The van der Waals surface area contributed by atoms with Gasteiger partial charge in [0.05, 0.1) is 12.3 Å². The van der Waals surface area contributed by atoms with Crippen LogP contribution in [-0.2, 0) is 9.53 Å². The summed E-state index contributed by atoms with van der Waals surface area (Å²) in [6, 6.07) is 4.61. The summed E-state index contributed by atoms with van der Waals surface area (Å²) in [6.45, 7) is 3.74. The summed E-state index contributed by atoms with van der Waals surface area (Å²) in [5.41, 5.74) is 1.00. The second kappa shape index (κ2) is 5.82. The predicted molar refractivity (Wildman–Crippen MR) is 68.1 cm³/mol. The van der Waals surface area contributed by atoms with E-state index in [1.54, 1.807) is 12.1 Å². The van der Waals surface area contributed by atoms with Crippen molar-refractivity contribution in [1.82, 2.24) is 0 Å². The highest BCUT2D eigenvalue weighted by molar-refractivity contribution is 5.89. The molecule has 1 aliphatic heterocycles. The zero-order chi connectivity index (χ0) is 13.0. The molecule has 1 saturated heterocycles. The van der Waals surface area contributed by atoms with Crippen LogP contribution in [0, 0.1) is 11.7 Å². The Labute approximate surface area is 106 Å². The minimum Gasteiger partial charge on any atom is -0.385 e. The monoisotopic (exact) mass is 252 g/mol. The van der Waals surface area contributed by atoms with Gasteiger partial charge in [-0.2, -0.15) is 0 Å². The van der Waals surface area contributed by atoms with Gasteiger partial charge in [0.2, 0.25) is 5.91 Å². The van der Waals surface area contributed by atoms with Gasteiger partial charge in [0.25, 0.3) is 0 Å². The number of amides is 1. The zero-order valence-corrected chi connectivity index (χ0v) is 10.3. The molecule has 98 valence electrons. The van der Waals surface area contributed by atoms with E-state index in [-0.39, 0.29) is 11.6 Å². The molecule has 18 heavy (non-hydrogen) atoms. The van der Waals surface area contributed by atoms with E-state index >= 15 is 0 Å². The summed E-state index contributed by atoms with van der Waals surface area (Å²) in [6.07, 6.45) is 1.05. The van der Waals surface area contributed by atoms with E-state index in [1.807, 2.05) is 0 Å². The van der Waals surface area contributed by atoms with Gasteiger partial charge in [-0.05, 0) is 24.6 Å². The fraction of sp³-hybridized carbons (Fsp3) is 0.462. The molecule has 1 aliphatic rings. The second-order valence-corrected chi connectivity index (χ2v) is 4.49. The van der Waals surface area contributed by atoms with Crippen molar-refractivity contribution in [3.8, 4) is 0 Å². The van der Waals surface area contributed by atoms with Gasteiger partial charge in [0.1, 0.15) is 5.82 Å². The summed E-state index contributed by atoms with van der Waals surface area (Å²) < 4.78 is 18.7. The van der Waals surface area contributed by atoms with Gasteiger partial charge in [-0.15, -0.1) is 0 Å². The average Bonchev–Trinajstić information content (AvgIpc) is 2.82. The number of hydrogen-bond donors (Lipinski definition) is 2.